The Hall–Kier alpha value is -2.89. The number of para-hydroxylation sites is 1. The Morgan fingerprint density at radius 1 is 0.828 bits per heavy atom. The minimum absolute atomic E-state index is 0.128. The number of piperidine rings is 1. The average molecular weight is 395 g/mol. The van der Waals surface area contributed by atoms with Crippen molar-refractivity contribution in [3.05, 3.63) is 66.0 Å². The predicted molar refractivity (Wildman–Crippen MR) is 110 cm³/mol. The minimum Gasteiger partial charge on any atom is -0.368 e. The van der Waals surface area contributed by atoms with Crippen molar-refractivity contribution in [1.29, 1.82) is 0 Å². The third-order valence-electron chi connectivity index (χ3n) is 5.86. The molecule has 2 aromatic carbocycles. The van der Waals surface area contributed by atoms with Gasteiger partial charge in [0, 0.05) is 50.5 Å². The van der Waals surface area contributed by atoms with Crippen molar-refractivity contribution in [3.63, 3.8) is 0 Å². The van der Waals surface area contributed by atoms with Crippen LogP contribution in [0.1, 0.15) is 23.2 Å². The number of benzene rings is 2. The molecule has 1 atom stereocenters. The number of carbonyl (C=O) groups is 2. The van der Waals surface area contributed by atoms with Gasteiger partial charge in [0.2, 0.25) is 5.91 Å². The SMILES string of the molecule is O=C(c1ccc(F)cc1)N1CCC[C@H](C(=O)N2CCN(c3ccccc3)CC2)C1. The molecule has 2 heterocycles. The molecule has 0 spiro atoms. The van der Waals surface area contributed by atoms with Crippen molar-refractivity contribution in [1.82, 2.24) is 9.80 Å². The van der Waals surface area contributed by atoms with Gasteiger partial charge in [-0.05, 0) is 49.2 Å². The first-order chi connectivity index (χ1) is 14.1. The van der Waals surface area contributed by atoms with Crippen LogP contribution in [0.5, 0.6) is 0 Å². The maximum absolute atomic E-state index is 13.1. The van der Waals surface area contributed by atoms with E-state index in [0.29, 0.717) is 31.7 Å². The molecule has 2 saturated heterocycles. The van der Waals surface area contributed by atoms with Crippen LogP contribution in [0.25, 0.3) is 0 Å². The van der Waals surface area contributed by atoms with E-state index in [9.17, 15) is 14.0 Å². The third kappa shape index (κ3) is 4.42. The largest absolute Gasteiger partial charge is 0.368 e. The number of hydrogen-bond acceptors (Lipinski definition) is 3. The summed E-state index contributed by atoms with van der Waals surface area (Å²) in [5, 5.41) is 0. The summed E-state index contributed by atoms with van der Waals surface area (Å²) in [6.07, 6.45) is 1.62. The molecular weight excluding hydrogens is 369 g/mol. The summed E-state index contributed by atoms with van der Waals surface area (Å²) in [4.78, 5) is 31.8. The molecule has 2 aliphatic rings. The number of amides is 2. The van der Waals surface area contributed by atoms with Gasteiger partial charge in [0.25, 0.3) is 5.91 Å². The maximum atomic E-state index is 13.1. The predicted octanol–water partition coefficient (Wildman–Crippen LogP) is 3.03. The highest BCUT2D eigenvalue weighted by atomic mass is 19.1. The molecule has 0 radical (unpaired) electrons. The number of likely N-dealkylation sites (tertiary alicyclic amines) is 1. The molecule has 0 bridgehead atoms. The molecule has 2 fully saturated rings. The van der Waals surface area contributed by atoms with Crippen molar-refractivity contribution in [2.75, 3.05) is 44.2 Å². The minimum atomic E-state index is -0.358. The van der Waals surface area contributed by atoms with E-state index in [0.717, 1.165) is 25.9 Å². The smallest absolute Gasteiger partial charge is 0.253 e. The van der Waals surface area contributed by atoms with Gasteiger partial charge in [-0.25, -0.2) is 4.39 Å². The van der Waals surface area contributed by atoms with Crippen LogP contribution in [0.3, 0.4) is 0 Å². The van der Waals surface area contributed by atoms with Gasteiger partial charge in [-0.1, -0.05) is 18.2 Å². The second kappa shape index (κ2) is 8.64. The Balaban J connectivity index is 1.34. The van der Waals surface area contributed by atoms with Crippen molar-refractivity contribution >= 4 is 17.5 Å². The van der Waals surface area contributed by atoms with Gasteiger partial charge < -0.3 is 14.7 Å². The zero-order chi connectivity index (χ0) is 20.2. The lowest BCUT2D eigenvalue weighted by Gasteiger charge is -2.39. The van der Waals surface area contributed by atoms with Gasteiger partial charge in [0.05, 0.1) is 5.92 Å². The fraction of sp³-hybridized carbons (Fsp3) is 0.391. The van der Waals surface area contributed by atoms with Crippen LogP contribution in [0.4, 0.5) is 10.1 Å². The fourth-order valence-electron chi connectivity index (χ4n) is 4.22. The van der Waals surface area contributed by atoms with E-state index in [4.69, 9.17) is 0 Å². The quantitative estimate of drug-likeness (QED) is 0.803. The topological polar surface area (TPSA) is 43.9 Å². The normalized spacial score (nSPS) is 19.9. The Bertz CT molecular complexity index is 848. The second-order valence-corrected chi connectivity index (χ2v) is 7.75. The summed E-state index contributed by atoms with van der Waals surface area (Å²) in [6, 6.07) is 15.9. The highest BCUT2D eigenvalue weighted by Crippen LogP contribution is 2.23. The van der Waals surface area contributed by atoms with Gasteiger partial charge >= 0.3 is 0 Å². The van der Waals surface area contributed by atoms with Crippen LogP contribution in [0.2, 0.25) is 0 Å². The van der Waals surface area contributed by atoms with Crippen LogP contribution >= 0.6 is 0 Å². The van der Waals surface area contributed by atoms with E-state index < -0.39 is 0 Å². The molecule has 2 aliphatic heterocycles. The summed E-state index contributed by atoms with van der Waals surface area (Å²) < 4.78 is 13.1. The summed E-state index contributed by atoms with van der Waals surface area (Å²) in [7, 11) is 0. The van der Waals surface area contributed by atoms with Crippen molar-refractivity contribution in [2.45, 2.75) is 12.8 Å². The summed E-state index contributed by atoms with van der Waals surface area (Å²) in [5.41, 5.74) is 1.66. The summed E-state index contributed by atoms with van der Waals surface area (Å²) in [6.45, 7) is 4.13. The highest BCUT2D eigenvalue weighted by Gasteiger charge is 2.32. The molecule has 0 saturated carbocycles. The molecule has 2 amide bonds. The maximum Gasteiger partial charge on any atom is 0.253 e. The molecular formula is C23H26FN3O2. The average Bonchev–Trinajstić information content (AvgIpc) is 2.79. The molecule has 2 aromatic rings. The Labute approximate surface area is 170 Å². The molecule has 29 heavy (non-hydrogen) atoms. The van der Waals surface area contributed by atoms with Gasteiger partial charge in [-0.2, -0.15) is 0 Å². The lowest BCUT2D eigenvalue weighted by atomic mass is 9.95. The molecule has 152 valence electrons. The molecule has 4 rings (SSSR count). The van der Waals surface area contributed by atoms with Crippen molar-refractivity contribution in [3.8, 4) is 0 Å². The van der Waals surface area contributed by atoms with E-state index in [2.05, 4.69) is 17.0 Å². The highest BCUT2D eigenvalue weighted by molar-refractivity contribution is 5.94. The molecule has 0 unspecified atom stereocenters. The number of carbonyl (C=O) groups excluding carboxylic acids is 2. The first kappa shape index (κ1) is 19.4. The van der Waals surface area contributed by atoms with E-state index >= 15 is 0 Å². The van der Waals surface area contributed by atoms with E-state index in [1.165, 1.54) is 30.0 Å². The van der Waals surface area contributed by atoms with Crippen molar-refractivity contribution < 1.29 is 14.0 Å². The zero-order valence-corrected chi connectivity index (χ0v) is 16.5. The third-order valence-corrected chi connectivity index (χ3v) is 5.86. The van der Waals surface area contributed by atoms with Crippen molar-refractivity contribution in [2.24, 2.45) is 5.92 Å². The van der Waals surface area contributed by atoms with Crippen LogP contribution in [0, 0.1) is 11.7 Å². The number of hydrogen-bond donors (Lipinski definition) is 0. The lowest BCUT2D eigenvalue weighted by Crippen LogP contribution is -2.53. The first-order valence-electron chi connectivity index (χ1n) is 10.3. The van der Waals surface area contributed by atoms with Gasteiger partial charge in [0.1, 0.15) is 5.82 Å². The van der Waals surface area contributed by atoms with Gasteiger partial charge in [-0.15, -0.1) is 0 Å². The van der Waals surface area contributed by atoms with Crippen LogP contribution in [-0.4, -0.2) is 60.9 Å². The number of anilines is 1. The summed E-state index contributed by atoms with van der Waals surface area (Å²) >= 11 is 0. The number of piperazine rings is 1. The van der Waals surface area contributed by atoms with Crippen LogP contribution in [-0.2, 0) is 4.79 Å². The van der Waals surface area contributed by atoms with Gasteiger partial charge in [-0.3, -0.25) is 9.59 Å². The number of rotatable bonds is 3. The molecule has 5 nitrogen and oxygen atoms in total. The Morgan fingerprint density at radius 3 is 2.21 bits per heavy atom. The fourth-order valence-corrected chi connectivity index (χ4v) is 4.22. The molecule has 0 N–H and O–H groups in total. The molecule has 0 aromatic heterocycles. The Morgan fingerprint density at radius 2 is 1.52 bits per heavy atom. The first-order valence-corrected chi connectivity index (χ1v) is 10.3. The van der Waals surface area contributed by atoms with Gasteiger partial charge in [0.15, 0.2) is 0 Å². The number of halogens is 1. The second-order valence-electron chi connectivity index (χ2n) is 7.75. The van der Waals surface area contributed by atoms with E-state index in [1.807, 2.05) is 23.1 Å². The summed E-state index contributed by atoms with van der Waals surface area (Å²) in [5.74, 6) is -0.495. The van der Waals surface area contributed by atoms with E-state index in [-0.39, 0.29) is 23.5 Å². The Kier molecular flexibility index (Phi) is 5.79. The van der Waals surface area contributed by atoms with Crippen LogP contribution in [0.15, 0.2) is 54.6 Å². The molecule has 6 heteroatoms. The van der Waals surface area contributed by atoms with Crippen LogP contribution < -0.4 is 4.90 Å². The standard InChI is InChI=1S/C23H26FN3O2/c24-20-10-8-18(9-11-20)22(28)27-12-4-5-19(17-27)23(29)26-15-13-25(14-16-26)21-6-2-1-3-7-21/h1-3,6-11,19H,4-5,12-17H2/t19-/m0/s1. The number of nitrogens with zero attached hydrogens (tertiary/aromatic N) is 3. The monoisotopic (exact) mass is 395 g/mol. The van der Waals surface area contributed by atoms with E-state index in [1.54, 1.807) is 4.90 Å². The lowest BCUT2D eigenvalue weighted by molar-refractivity contribution is -0.137. The zero-order valence-electron chi connectivity index (χ0n) is 16.5. The molecule has 0 aliphatic carbocycles.